The smallest absolute Gasteiger partial charge is 0.316 e. The van der Waals surface area contributed by atoms with Crippen LogP contribution < -0.4 is 14.2 Å². The van der Waals surface area contributed by atoms with Crippen LogP contribution >= 0.6 is 0 Å². The van der Waals surface area contributed by atoms with E-state index in [9.17, 15) is 9.18 Å². The van der Waals surface area contributed by atoms with Crippen molar-refractivity contribution in [1.82, 2.24) is 0 Å². The van der Waals surface area contributed by atoms with Gasteiger partial charge in [0.2, 0.25) is 0 Å². The highest BCUT2D eigenvalue weighted by Gasteiger charge is 2.42. The van der Waals surface area contributed by atoms with Gasteiger partial charge in [-0.05, 0) is 39.8 Å². The number of fused-ring (bicyclic) bond motifs is 5. The maximum Gasteiger partial charge on any atom is 0.316 e. The summed E-state index contributed by atoms with van der Waals surface area (Å²) in [6.45, 7) is 7.91. The van der Waals surface area contributed by atoms with Crippen LogP contribution in [0.15, 0.2) is 36.4 Å². The predicted molar refractivity (Wildman–Crippen MR) is 99.0 cm³/mol. The summed E-state index contributed by atoms with van der Waals surface area (Å²) >= 11 is 0. The molecule has 4 nitrogen and oxygen atoms in total. The molecule has 0 aromatic heterocycles. The molecule has 0 saturated carbocycles. The molecule has 2 aliphatic rings. The standard InChI is InChI=1S/C22H23FO4/c1-12-20-16-8-6-14(27-21(24)22(2,3)4)10-18(16)25-11-17(20)15-7-5-13(23)9-19(15)26-12/h5-10,12,17,20H,11H2,1-4H3. The minimum Gasteiger partial charge on any atom is -0.492 e. The Morgan fingerprint density at radius 2 is 1.85 bits per heavy atom. The molecule has 3 atom stereocenters. The molecule has 0 fully saturated rings. The molecule has 0 amide bonds. The quantitative estimate of drug-likeness (QED) is 0.533. The number of esters is 1. The molecule has 0 radical (unpaired) electrons. The minimum atomic E-state index is -0.577. The van der Waals surface area contributed by atoms with E-state index in [0.717, 1.165) is 11.1 Å². The van der Waals surface area contributed by atoms with Gasteiger partial charge in [-0.3, -0.25) is 4.79 Å². The largest absolute Gasteiger partial charge is 0.492 e. The Balaban J connectivity index is 1.66. The number of rotatable bonds is 1. The Morgan fingerprint density at radius 1 is 1.11 bits per heavy atom. The van der Waals surface area contributed by atoms with Crippen LogP contribution in [0.25, 0.3) is 0 Å². The van der Waals surface area contributed by atoms with Crippen LogP contribution in [0, 0.1) is 11.2 Å². The van der Waals surface area contributed by atoms with Crippen LogP contribution in [0.4, 0.5) is 4.39 Å². The molecule has 142 valence electrons. The third-order valence-electron chi connectivity index (χ3n) is 5.21. The Morgan fingerprint density at radius 3 is 2.59 bits per heavy atom. The van der Waals surface area contributed by atoms with E-state index in [2.05, 4.69) is 0 Å². The fourth-order valence-corrected chi connectivity index (χ4v) is 3.79. The van der Waals surface area contributed by atoms with Crippen molar-refractivity contribution >= 4 is 5.97 Å². The highest BCUT2D eigenvalue weighted by Crippen LogP contribution is 2.51. The minimum absolute atomic E-state index is 0.0964. The van der Waals surface area contributed by atoms with Gasteiger partial charge in [0.05, 0.1) is 12.0 Å². The van der Waals surface area contributed by atoms with Gasteiger partial charge in [0.15, 0.2) is 0 Å². The van der Waals surface area contributed by atoms with E-state index in [0.29, 0.717) is 23.9 Å². The molecule has 2 aromatic carbocycles. The van der Waals surface area contributed by atoms with Crippen molar-refractivity contribution in [3.05, 3.63) is 53.3 Å². The van der Waals surface area contributed by atoms with E-state index < -0.39 is 5.41 Å². The number of halogens is 1. The fourth-order valence-electron chi connectivity index (χ4n) is 3.79. The van der Waals surface area contributed by atoms with Gasteiger partial charge in [0.1, 0.15) is 29.2 Å². The lowest BCUT2D eigenvalue weighted by molar-refractivity contribution is -0.143. The summed E-state index contributed by atoms with van der Waals surface area (Å²) in [5.74, 6) is 1.36. The lowest BCUT2D eigenvalue weighted by Gasteiger charge is -2.42. The normalized spacial score (nSPS) is 23.2. The average molecular weight is 370 g/mol. The molecule has 2 aliphatic heterocycles. The number of hydrogen-bond acceptors (Lipinski definition) is 4. The van der Waals surface area contributed by atoms with Crippen LogP contribution in [0.2, 0.25) is 0 Å². The first-order chi connectivity index (χ1) is 12.7. The number of benzene rings is 2. The van der Waals surface area contributed by atoms with E-state index in [1.54, 1.807) is 18.2 Å². The Kier molecular flexibility index (Phi) is 4.13. The van der Waals surface area contributed by atoms with Crippen LogP contribution in [-0.4, -0.2) is 18.7 Å². The Labute approximate surface area is 158 Å². The molecule has 2 heterocycles. The van der Waals surface area contributed by atoms with Gasteiger partial charge in [0.25, 0.3) is 0 Å². The third kappa shape index (κ3) is 3.15. The van der Waals surface area contributed by atoms with Crippen molar-refractivity contribution in [1.29, 1.82) is 0 Å². The molecule has 0 bridgehead atoms. The van der Waals surface area contributed by atoms with Crippen LogP contribution in [0.3, 0.4) is 0 Å². The molecule has 5 heteroatoms. The third-order valence-corrected chi connectivity index (χ3v) is 5.21. The van der Waals surface area contributed by atoms with Gasteiger partial charge in [-0.2, -0.15) is 0 Å². The monoisotopic (exact) mass is 370 g/mol. The number of carbonyl (C=O) groups excluding carboxylic acids is 1. The topological polar surface area (TPSA) is 44.8 Å². The number of hydrogen-bond donors (Lipinski definition) is 0. The van der Waals surface area contributed by atoms with E-state index in [1.807, 2.05) is 33.8 Å². The average Bonchev–Trinajstić information content (AvgIpc) is 2.60. The van der Waals surface area contributed by atoms with Gasteiger partial charge in [-0.15, -0.1) is 0 Å². The Hall–Kier alpha value is -2.56. The van der Waals surface area contributed by atoms with Crippen LogP contribution in [0.5, 0.6) is 17.2 Å². The van der Waals surface area contributed by atoms with E-state index in [1.165, 1.54) is 12.1 Å². The summed E-state index contributed by atoms with van der Waals surface area (Å²) in [6, 6.07) is 10.2. The summed E-state index contributed by atoms with van der Waals surface area (Å²) in [6.07, 6.45) is -0.116. The number of carbonyl (C=O) groups is 1. The zero-order valence-corrected chi connectivity index (χ0v) is 15.9. The van der Waals surface area contributed by atoms with Crippen LogP contribution in [-0.2, 0) is 4.79 Å². The lowest BCUT2D eigenvalue weighted by Crippen LogP contribution is -2.37. The zero-order valence-electron chi connectivity index (χ0n) is 15.9. The molecule has 4 rings (SSSR count). The van der Waals surface area contributed by atoms with Crippen molar-refractivity contribution < 1.29 is 23.4 Å². The van der Waals surface area contributed by atoms with Crippen molar-refractivity contribution in [2.24, 2.45) is 5.41 Å². The van der Waals surface area contributed by atoms with Crippen molar-refractivity contribution in [3.63, 3.8) is 0 Å². The highest BCUT2D eigenvalue weighted by atomic mass is 19.1. The maximum absolute atomic E-state index is 13.6. The Bertz CT molecular complexity index is 900. The van der Waals surface area contributed by atoms with E-state index in [4.69, 9.17) is 14.2 Å². The predicted octanol–water partition coefficient (Wildman–Crippen LogP) is 4.82. The molecule has 2 aromatic rings. The summed E-state index contributed by atoms with van der Waals surface area (Å²) < 4.78 is 31.0. The highest BCUT2D eigenvalue weighted by molar-refractivity contribution is 5.78. The fraction of sp³-hybridized carbons (Fsp3) is 0.409. The second-order valence-corrected chi connectivity index (χ2v) is 8.29. The molecule has 0 spiro atoms. The maximum atomic E-state index is 13.6. The molecule has 0 N–H and O–H groups in total. The van der Waals surface area contributed by atoms with E-state index in [-0.39, 0.29) is 29.7 Å². The molecule has 3 unspecified atom stereocenters. The van der Waals surface area contributed by atoms with Crippen LogP contribution in [0.1, 0.15) is 50.7 Å². The van der Waals surface area contributed by atoms with Gasteiger partial charge >= 0.3 is 5.97 Å². The first kappa shape index (κ1) is 17.8. The van der Waals surface area contributed by atoms with Gasteiger partial charge in [0, 0.05) is 35.1 Å². The first-order valence-electron chi connectivity index (χ1n) is 9.19. The molecule has 27 heavy (non-hydrogen) atoms. The summed E-state index contributed by atoms with van der Waals surface area (Å²) in [5, 5.41) is 0. The zero-order chi connectivity index (χ0) is 19.3. The summed E-state index contributed by atoms with van der Waals surface area (Å²) in [7, 11) is 0. The molecule has 0 aliphatic carbocycles. The number of ether oxygens (including phenoxy) is 3. The SMILES string of the molecule is CC1Oc2cc(F)ccc2C2COc3cc(OC(=O)C(C)(C)C)ccc3C12. The van der Waals surface area contributed by atoms with Crippen molar-refractivity contribution in [2.45, 2.75) is 45.6 Å². The van der Waals surface area contributed by atoms with Gasteiger partial charge < -0.3 is 14.2 Å². The second kappa shape index (κ2) is 6.25. The van der Waals surface area contributed by atoms with Crippen molar-refractivity contribution in [3.8, 4) is 17.2 Å². The van der Waals surface area contributed by atoms with Gasteiger partial charge in [-0.25, -0.2) is 4.39 Å². The first-order valence-corrected chi connectivity index (χ1v) is 9.19. The lowest BCUT2D eigenvalue weighted by atomic mass is 9.75. The summed E-state index contributed by atoms with van der Waals surface area (Å²) in [4.78, 5) is 12.1. The summed E-state index contributed by atoms with van der Waals surface area (Å²) in [5.41, 5.74) is 1.41. The second-order valence-electron chi connectivity index (χ2n) is 8.29. The van der Waals surface area contributed by atoms with Crippen molar-refractivity contribution in [2.75, 3.05) is 6.61 Å². The van der Waals surface area contributed by atoms with E-state index >= 15 is 0 Å². The molecular formula is C22H23FO4. The van der Waals surface area contributed by atoms with Gasteiger partial charge in [-0.1, -0.05) is 12.1 Å². The molecular weight excluding hydrogens is 347 g/mol. The molecule has 0 saturated heterocycles.